The highest BCUT2D eigenvalue weighted by molar-refractivity contribution is 6.10. The van der Waals surface area contributed by atoms with E-state index < -0.39 is 42.0 Å². The first kappa shape index (κ1) is 24.1. The second kappa shape index (κ2) is 8.42. The van der Waals surface area contributed by atoms with Gasteiger partial charge >= 0.3 is 12.4 Å². The molecule has 2 aromatic rings. The van der Waals surface area contributed by atoms with Crippen LogP contribution in [0.4, 0.5) is 23.7 Å². The normalized spacial score (nSPS) is 18.8. The third-order valence-corrected chi connectivity index (χ3v) is 5.28. The predicted octanol–water partition coefficient (Wildman–Crippen LogP) is 4.29. The molecule has 3 rings (SSSR count). The van der Waals surface area contributed by atoms with E-state index in [4.69, 9.17) is 0 Å². The molecule has 2 aromatic carbocycles. The number of amides is 4. The van der Waals surface area contributed by atoms with Gasteiger partial charge in [-0.3, -0.25) is 14.5 Å². The molecule has 0 aromatic heterocycles. The molecule has 0 bridgehead atoms. The molecular weight excluding hydrogens is 439 g/mol. The van der Waals surface area contributed by atoms with Crippen molar-refractivity contribution in [2.45, 2.75) is 45.0 Å². The van der Waals surface area contributed by atoms with Gasteiger partial charge in [0, 0.05) is 5.69 Å². The summed E-state index contributed by atoms with van der Waals surface area (Å²) in [7, 11) is 0. The Morgan fingerprint density at radius 2 is 1.61 bits per heavy atom. The third-order valence-electron chi connectivity index (χ3n) is 5.28. The molecule has 1 aliphatic heterocycles. The molecule has 176 valence electrons. The largest absolute Gasteiger partial charge is 0.573 e. The minimum absolute atomic E-state index is 0.0798. The summed E-state index contributed by atoms with van der Waals surface area (Å²) in [6.07, 6.45) is -4.83. The maximum atomic E-state index is 13.0. The predicted molar refractivity (Wildman–Crippen MR) is 114 cm³/mol. The number of imide groups is 1. The van der Waals surface area contributed by atoms with Crippen molar-refractivity contribution in [3.8, 4) is 5.75 Å². The van der Waals surface area contributed by atoms with E-state index >= 15 is 0 Å². The highest BCUT2D eigenvalue weighted by Crippen LogP contribution is 2.31. The van der Waals surface area contributed by atoms with Gasteiger partial charge in [0.15, 0.2) is 0 Å². The fourth-order valence-electron chi connectivity index (χ4n) is 3.42. The van der Waals surface area contributed by atoms with E-state index in [9.17, 15) is 27.6 Å². The second-order valence-electron chi connectivity index (χ2n) is 8.89. The SMILES string of the molecule is CC(C)(C)c1ccc(C2(C)NC(=O)N(CC(=O)Nc3ccc(OC(F)(F)F)cc3)C2=O)cc1. The number of ether oxygens (including phenoxy) is 1. The number of anilines is 1. The average Bonchev–Trinajstić information content (AvgIpc) is 2.92. The quantitative estimate of drug-likeness (QED) is 0.648. The van der Waals surface area contributed by atoms with Gasteiger partial charge < -0.3 is 15.4 Å². The van der Waals surface area contributed by atoms with Crippen LogP contribution in [0, 0.1) is 0 Å². The fraction of sp³-hybridized carbons (Fsp3) is 0.348. The van der Waals surface area contributed by atoms with Gasteiger partial charge in [0.25, 0.3) is 5.91 Å². The van der Waals surface area contributed by atoms with Gasteiger partial charge in [-0.1, -0.05) is 45.0 Å². The van der Waals surface area contributed by atoms with Crippen LogP contribution in [0.1, 0.15) is 38.8 Å². The highest BCUT2D eigenvalue weighted by atomic mass is 19.4. The molecule has 0 aliphatic carbocycles. The van der Waals surface area contributed by atoms with Crippen LogP contribution in [0.2, 0.25) is 0 Å². The van der Waals surface area contributed by atoms with Crippen molar-refractivity contribution in [1.29, 1.82) is 0 Å². The smallest absolute Gasteiger partial charge is 0.406 e. The number of halogens is 3. The van der Waals surface area contributed by atoms with Crippen LogP contribution in [0.5, 0.6) is 5.75 Å². The zero-order valence-corrected chi connectivity index (χ0v) is 18.5. The van der Waals surface area contributed by atoms with E-state index in [2.05, 4.69) is 36.1 Å². The van der Waals surface area contributed by atoms with E-state index in [1.165, 1.54) is 12.1 Å². The monoisotopic (exact) mass is 463 g/mol. The number of carbonyl (C=O) groups is 3. The molecule has 0 saturated carbocycles. The minimum atomic E-state index is -4.83. The first-order valence-corrected chi connectivity index (χ1v) is 10.1. The topological polar surface area (TPSA) is 87.7 Å². The molecule has 7 nitrogen and oxygen atoms in total. The summed E-state index contributed by atoms with van der Waals surface area (Å²) in [5, 5.41) is 5.08. The lowest BCUT2D eigenvalue weighted by atomic mass is 9.84. The molecule has 1 aliphatic rings. The molecule has 0 spiro atoms. The lowest BCUT2D eigenvalue weighted by Gasteiger charge is -2.24. The Morgan fingerprint density at radius 3 is 2.12 bits per heavy atom. The van der Waals surface area contributed by atoms with Crippen LogP contribution in [0.15, 0.2) is 48.5 Å². The lowest BCUT2D eigenvalue weighted by Crippen LogP contribution is -2.42. The standard InChI is InChI=1S/C23H24F3N3O4/c1-21(2,3)14-5-7-15(8-6-14)22(4)19(31)29(20(32)28-22)13-18(30)27-16-9-11-17(12-10-16)33-23(24,25)26/h5-12H,13H2,1-4H3,(H,27,30)(H,28,32). The van der Waals surface area contributed by atoms with Crippen LogP contribution in [0.25, 0.3) is 0 Å². The van der Waals surface area contributed by atoms with Crippen molar-refractivity contribution in [1.82, 2.24) is 10.2 Å². The van der Waals surface area contributed by atoms with Crippen LogP contribution >= 0.6 is 0 Å². The first-order chi connectivity index (χ1) is 15.2. The van der Waals surface area contributed by atoms with Crippen LogP contribution in [0.3, 0.4) is 0 Å². The van der Waals surface area contributed by atoms with Crippen molar-refractivity contribution >= 4 is 23.5 Å². The number of benzene rings is 2. The van der Waals surface area contributed by atoms with E-state index in [0.717, 1.165) is 22.6 Å². The molecular formula is C23H24F3N3O4. The minimum Gasteiger partial charge on any atom is -0.406 e. The molecule has 1 unspecified atom stereocenters. The third kappa shape index (κ3) is 5.44. The van der Waals surface area contributed by atoms with Crippen LogP contribution in [-0.4, -0.2) is 35.7 Å². The molecule has 1 saturated heterocycles. The van der Waals surface area contributed by atoms with E-state index in [1.54, 1.807) is 19.1 Å². The number of nitrogens with one attached hydrogen (secondary N) is 2. The summed E-state index contributed by atoms with van der Waals surface area (Å²) in [5.74, 6) is -1.71. The summed E-state index contributed by atoms with van der Waals surface area (Å²) in [6, 6.07) is 11.1. The number of urea groups is 1. The summed E-state index contributed by atoms with van der Waals surface area (Å²) >= 11 is 0. The van der Waals surface area contributed by atoms with Crippen molar-refractivity contribution < 1.29 is 32.3 Å². The van der Waals surface area contributed by atoms with Gasteiger partial charge in [-0.05, 0) is 47.7 Å². The van der Waals surface area contributed by atoms with E-state index in [1.807, 2.05) is 12.1 Å². The highest BCUT2D eigenvalue weighted by Gasteiger charge is 2.49. The second-order valence-corrected chi connectivity index (χ2v) is 8.89. The maximum absolute atomic E-state index is 13.0. The molecule has 0 radical (unpaired) electrons. The molecule has 1 fully saturated rings. The van der Waals surface area contributed by atoms with E-state index in [-0.39, 0.29) is 11.1 Å². The molecule has 1 heterocycles. The van der Waals surface area contributed by atoms with Gasteiger partial charge in [0.2, 0.25) is 5.91 Å². The number of carbonyl (C=O) groups excluding carboxylic acids is 3. The van der Waals surface area contributed by atoms with Gasteiger partial charge in [0.05, 0.1) is 0 Å². The van der Waals surface area contributed by atoms with Crippen LogP contribution in [-0.2, 0) is 20.5 Å². The first-order valence-electron chi connectivity index (χ1n) is 10.1. The number of nitrogens with zero attached hydrogens (tertiary/aromatic N) is 1. The Morgan fingerprint density at radius 1 is 1.03 bits per heavy atom. The summed E-state index contributed by atoms with van der Waals surface area (Å²) in [4.78, 5) is 38.7. The number of rotatable bonds is 5. The van der Waals surface area contributed by atoms with Crippen molar-refractivity contribution in [3.63, 3.8) is 0 Å². The van der Waals surface area contributed by atoms with Crippen LogP contribution < -0.4 is 15.4 Å². The summed E-state index contributed by atoms with van der Waals surface area (Å²) in [6.45, 7) is 7.19. The Hall–Kier alpha value is -3.56. The Balaban J connectivity index is 1.67. The zero-order chi connectivity index (χ0) is 24.6. The maximum Gasteiger partial charge on any atom is 0.573 e. The Bertz CT molecular complexity index is 1060. The van der Waals surface area contributed by atoms with Gasteiger partial charge in [-0.2, -0.15) is 0 Å². The summed E-state index contributed by atoms with van der Waals surface area (Å²) < 4.78 is 40.5. The Kier molecular flexibility index (Phi) is 6.14. The van der Waals surface area contributed by atoms with Gasteiger partial charge in [-0.25, -0.2) is 4.79 Å². The van der Waals surface area contributed by atoms with Gasteiger partial charge in [0.1, 0.15) is 17.8 Å². The van der Waals surface area contributed by atoms with Crippen molar-refractivity contribution in [2.75, 3.05) is 11.9 Å². The van der Waals surface area contributed by atoms with Crippen molar-refractivity contribution in [3.05, 3.63) is 59.7 Å². The molecule has 10 heteroatoms. The average molecular weight is 463 g/mol. The molecule has 33 heavy (non-hydrogen) atoms. The lowest BCUT2D eigenvalue weighted by molar-refractivity contribution is -0.274. The molecule has 2 N–H and O–H groups in total. The number of hydrogen-bond donors (Lipinski definition) is 2. The number of hydrogen-bond acceptors (Lipinski definition) is 4. The molecule has 4 amide bonds. The molecule has 1 atom stereocenters. The zero-order valence-electron chi connectivity index (χ0n) is 18.5. The van der Waals surface area contributed by atoms with Gasteiger partial charge in [-0.15, -0.1) is 13.2 Å². The number of alkyl halides is 3. The fourth-order valence-corrected chi connectivity index (χ4v) is 3.42. The van der Waals surface area contributed by atoms with E-state index in [0.29, 0.717) is 5.56 Å². The van der Waals surface area contributed by atoms with Crippen molar-refractivity contribution in [2.24, 2.45) is 0 Å². The summed E-state index contributed by atoms with van der Waals surface area (Å²) in [5.41, 5.74) is 0.419. The Labute approximate surface area is 188 Å².